The van der Waals surface area contributed by atoms with Gasteiger partial charge in [0.2, 0.25) is 0 Å². The lowest BCUT2D eigenvalue weighted by Crippen LogP contribution is -2.53. The van der Waals surface area contributed by atoms with Gasteiger partial charge in [0, 0.05) is 18.9 Å². The summed E-state index contributed by atoms with van der Waals surface area (Å²) in [4.78, 5) is 11.2. The average molecular weight is 231 g/mol. The summed E-state index contributed by atoms with van der Waals surface area (Å²) in [6, 6.07) is 0. The van der Waals surface area contributed by atoms with Gasteiger partial charge in [-0.3, -0.25) is 4.79 Å². The first-order valence-electron chi connectivity index (χ1n) is 5.37. The van der Waals surface area contributed by atoms with E-state index in [0.29, 0.717) is 11.7 Å². The predicted molar refractivity (Wildman–Crippen MR) is 59.2 cm³/mol. The van der Waals surface area contributed by atoms with Gasteiger partial charge in [0.25, 0.3) is 0 Å². The first-order chi connectivity index (χ1) is 7.23. The highest BCUT2D eigenvalue weighted by atomic mass is 32.2. The Labute approximate surface area is 93.8 Å². The van der Waals surface area contributed by atoms with Crippen LogP contribution in [0.4, 0.5) is 0 Å². The quantitative estimate of drug-likeness (QED) is 0.741. The van der Waals surface area contributed by atoms with Gasteiger partial charge in [0.05, 0.1) is 6.61 Å². The molecule has 2 N–H and O–H groups in total. The zero-order valence-corrected chi connectivity index (χ0v) is 9.52. The molecule has 0 aromatic heterocycles. The third kappa shape index (κ3) is 2.46. The van der Waals surface area contributed by atoms with Crippen molar-refractivity contribution >= 4 is 17.7 Å². The molecule has 2 heterocycles. The number of thioether (sulfide) groups is 1. The molecule has 0 aromatic rings. The third-order valence-electron chi connectivity index (χ3n) is 3.18. The summed E-state index contributed by atoms with van der Waals surface area (Å²) in [6.45, 7) is 2.36. The molecule has 0 bridgehead atoms. The number of aliphatic carboxylic acids is 1. The molecule has 2 unspecified atom stereocenters. The number of hydrogen-bond acceptors (Lipinski definition) is 4. The van der Waals surface area contributed by atoms with Gasteiger partial charge in [-0.2, -0.15) is 11.8 Å². The van der Waals surface area contributed by atoms with Crippen LogP contribution in [0, 0.1) is 5.92 Å². The van der Waals surface area contributed by atoms with Crippen molar-refractivity contribution in [2.24, 2.45) is 5.92 Å². The number of ether oxygens (including phenoxy) is 1. The molecule has 2 fully saturated rings. The molecule has 5 heteroatoms. The zero-order chi connectivity index (χ0) is 10.7. The summed E-state index contributed by atoms with van der Waals surface area (Å²) in [5.41, 5.74) is -0.673. The van der Waals surface area contributed by atoms with E-state index in [1.165, 1.54) is 0 Å². The molecule has 2 saturated heterocycles. The fourth-order valence-corrected chi connectivity index (χ4v) is 3.39. The lowest BCUT2D eigenvalue weighted by atomic mass is 9.97. The molecule has 0 saturated carbocycles. The molecule has 2 aliphatic rings. The summed E-state index contributed by atoms with van der Waals surface area (Å²) in [5.74, 6) is 1.43. The largest absolute Gasteiger partial charge is 0.480 e. The van der Waals surface area contributed by atoms with Gasteiger partial charge in [0.15, 0.2) is 0 Å². The van der Waals surface area contributed by atoms with Crippen molar-refractivity contribution in [3.63, 3.8) is 0 Å². The molecule has 15 heavy (non-hydrogen) atoms. The molecule has 0 radical (unpaired) electrons. The number of hydrogen-bond donors (Lipinski definition) is 2. The topological polar surface area (TPSA) is 58.6 Å². The van der Waals surface area contributed by atoms with Crippen LogP contribution in [-0.4, -0.2) is 47.9 Å². The van der Waals surface area contributed by atoms with E-state index in [1.807, 2.05) is 0 Å². The minimum Gasteiger partial charge on any atom is -0.480 e. The first-order valence-corrected chi connectivity index (χ1v) is 6.52. The summed E-state index contributed by atoms with van der Waals surface area (Å²) in [5, 5.41) is 12.5. The molecule has 0 amide bonds. The van der Waals surface area contributed by atoms with Crippen molar-refractivity contribution in [2.45, 2.75) is 18.4 Å². The lowest BCUT2D eigenvalue weighted by molar-refractivity contribution is -0.143. The van der Waals surface area contributed by atoms with Gasteiger partial charge in [-0.1, -0.05) is 0 Å². The highest BCUT2D eigenvalue weighted by molar-refractivity contribution is 7.99. The standard InChI is InChI=1S/C10H17NO3S/c12-9(13)10(2-4-15-7-10)11-5-8-1-3-14-6-8/h8,11H,1-7H2,(H,12,13). The normalized spacial score (nSPS) is 35.9. The second-order valence-corrected chi connectivity index (χ2v) is 5.41. The van der Waals surface area contributed by atoms with Crippen molar-refractivity contribution in [3.8, 4) is 0 Å². The Hall–Kier alpha value is -0.260. The Bertz CT molecular complexity index is 235. The number of carbonyl (C=O) groups is 1. The molecule has 4 nitrogen and oxygen atoms in total. The maximum absolute atomic E-state index is 11.2. The Morgan fingerprint density at radius 1 is 1.67 bits per heavy atom. The molecule has 2 atom stereocenters. The van der Waals surface area contributed by atoms with Crippen LogP contribution in [0.3, 0.4) is 0 Å². The van der Waals surface area contributed by atoms with Crippen LogP contribution in [0.25, 0.3) is 0 Å². The second-order valence-electron chi connectivity index (χ2n) is 4.30. The number of carboxylic acids is 1. The van der Waals surface area contributed by atoms with Crippen molar-refractivity contribution < 1.29 is 14.6 Å². The Morgan fingerprint density at radius 2 is 2.53 bits per heavy atom. The first kappa shape index (κ1) is 11.2. The van der Waals surface area contributed by atoms with E-state index in [2.05, 4.69) is 5.32 Å². The minimum absolute atomic E-state index is 0.492. The van der Waals surface area contributed by atoms with E-state index in [4.69, 9.17) is 4.74 Å². The highest BCUT2D eigenvalue weighted by Crippen LogP contribution is 2.28. The summed E-state index contributed by atoms with van der Waals surface area (Å²) in [7, 11) is 0. The monoisotopic (exact) mass is 231 g/mol. The predicted octanol–water partition coefficient (Wildman–Crippen LogP) is 0.573. The maximum atomic E-state index is 11.2. The van der Waals surface area contributed by atoms with Gasteiger partial charge >= 0.3 is 5.97 Å². The summed E-state index contributed by atoms with van der Waals surface area (Å²) >= 11 is 1.72. The SMILES string of the molecule is O=C(O)C1(NCC2CCOC2)CCSC1. The van der Waals surface area contributed by atoms with E-state index in [0.717, 1.165) is 38.4 Å². The molecule has 0 aliphatic carbocycles. The summed E-state index contributed by atoms with van der Waals surface area (Å²) < 4.78 is 5.27. The third-order valence-corrected chi connectivity index (χ3v) is 4.37. The van der Waals surface area contributed by atoms with Gasteiger partial charge in [-0.05, 0) is 24.5 Å². The van der Waals surface area contributed by atoms with E-state index in [9.17, 15) is 9.90 Å². The van der Waals surface area contributed by atoms with Crippen LogP contribution in [-0.2, 0) is 9.53 Å². The molecule has 0 spiro atoms. The lowest BCUT2D eigenvalue weighted by Gasteiger charge is -2.26. The molecule has 2 aliphatic heterocycles. The van der Waals surface area contributed by atoms with Gasteiger partial charge in [0.1, 0.15) is 5.54 Å². The van der Waals surface area contributed by atoms with Gasteiger partial charge in [-0.25, -0.2) is 0 Å². The van der Waals surface area contributed by atoms with Crippen LogP contribution >= 0.6 is 11.8 Å². The molecule has 86 valence electrons. The fraction of sp³-hybridized carbons (Fsp3) is 0.900. The van der Waals surface area contributed by atoms with Crippen molar-refractivity contribution in [3.05, 3.63) is 0 Å². The number of nitrogens with one attached hydrogen (secondary N) is 1. The number of rotatable bonds is 4. The van der Waals surface area contributed by atoms with Crippen LogP contribution in [0.2, 0.25) is 0 Å². The van der Waals surface area contributed by atoms with Crippen LogP contribution in [0.15, 0.2) is 0 Å². The van der Waals surface area contributed by atoms with Crippen LogP contribution < -0.4 is 5.32 Å². The smallest absolute Gasteiger partial charge is 0.324 e. The summed E-state index contributed by atoms with van der Waals surface area (Å²) in [6.07, 6.45) is 1.79. The van der Waals surface area contributed by atoms with Crippen molar-refractivity contribution in [1.82, 2.24) is 5.32 Å². The minimum atomic E-state index is -0.702. The molecular weight excluding hydrogens is 214 g/mol. The average Bonchev–Trinajstić information content (AvgIpc) is 2.87. The molecule has 2 rings (SSSR count). The van der Waals surface area contributed by atoms with Crippen molar-refractivity contribution in [1.29, 1.82) is 0 Å². The fourth-order valence-electron chi connectivity index (χ4n) is 2.03. The Balaban J connectivity index is 1.86. The maximum Gasteiger partial charge on any atom is 0.324 e. The van der Waals surface area contributed by atoms with E-state index in [-0.39, 0.29) is 0 Å². The molecular formula is C10H17NO3S. The Morgan fingerprint density at radius 3 is 3.07 bits per heavy atom. The molecule has 0 aromatic carbocycles. The van der Waals surface area contributed by atoms with E-state index >= 15 is 0 Å². The van der Waals surface area contributed by atoms with Crippen molar-refractivity contribution in [2.75, 3.05) is 31.3 Å². The van der Waals surface area contributed by atoms with Gasteiger partial charge in [-0.15, -0.1) is 0 Å². The zero-order valence-electron chi connectivity index (χ0n) is 8.70. The van der Waals surface area contributed by atoms with E-state index in [1.54, 1.807) is 11.8 Å². The number of carboxylic acid groups (broad SMARTS) is 1. The van der Waals surface area contributed by atoms with Crippen LogP contribution in [0.5, 0.6) is 0 Å². The Kier molecular flexibility index (Phi) is 3.53. The highest BCUT2D eigenvalue weighted by Gasteiger charge is 2.41. The van der Waals surface area contributed by atoms with Gasteiger partial charge < -0.3 is 15.2 Å². The second kappa shape index (κ2) is 4.72. The van der Waals surface area contributed by atoms with Crippen LogP contribution in [0.1, 0.15) is 12.8 Å². The van der Waals surface area contributed by atoms with E-state index < -0.39 is 11.5 Å².